The van der Waals surface area contributed by atoms with E-state index in [4.69, 9.17) is 9.47 Å². The maximum absolute atomic E-state index is 11.9. The Morgan fingerprint density at radius 2 is 2.32 bits per heavy atom. The molecular formula is C14H14N2O3. The van der Waals surface area contributed by atoms with Crippen molar-refractivity contribution in [1.82, 2.24) is 10.2 Å². The van der Waals surface area contributed by atoms with Crippen LogP contribution >= 0.6 is 0 Å². The van der Waals surface area contributed by atoms with Crippen molar-refractivity contribution < 1.29 is 14.3 Å². The van der Waals surface area contributed by atoms with E-state index in [-0.39, 0.29) is 5.97 Å². The molecule has 1 aliphatic rings. The molecule has 1 N–H and O–H groups in total. The molecule has 1 aliphatic heterocycles. The summed E-state index contributed by atoms with van der Waals surface area (Å²) < 4.78 is 10.7. The van der Waals surface area contributed by atoms with Crippen LogP contribution in [0.25, 0.3) is 11.3 Å². The Morgan fingerprint density at radius 3 is 3.16 bits per heavy atom. The number of carbonyl (C=O) groups is 1. The maximum atomic E-state index is 11.9. The Morgan fingerprint density at radius 1 is 1.47 bits per heavy atom. The Bertz CT molecular complexity index is 619. The molecule has 0 spiro atoms. The lowest BCUT2D eigenvalue weighted by Crippen LogP contribution is -2.09. The molecular weight excluding hydrogens is 244 g/mol. The molecule has 0 bridgehead atoms. The summed E-state index contributed by atoms with van der Waals surface area (Å²) in [5, 5.41) is 7.04. The number of nitrogens with zero attached hydrogens (tertiary/aromatic N) is 1. The van der Waals surface area contributed by atoms with Gasteiger partial charge in [-0.2, -0.15) is 5.10 Å². The number of fused-ring (bicyclic) bond motifs is 3. The van der Waals surface area contributed by atoms with E-state index in [9.17, 15) is 4.79 Å². The van der Waals surface area contributed by atoms with Crippen LogP contribution in [0.2, 0.25) is 0 Å². The number of para-hydroxylation sites is 1. The number of H-pyrrole nitrogens is 1. The highest BCUT2D eigenvalue weighted by atomic mass is 16.5. The summed E-state index contributed by atoms with van der Waals surface area (Å²) in [5.74, 6) is 0.429. The van der Waals surface area contributed by atoms with Crippen molar-refractivity contribution >= 4 is 5.97 Å². The number of aromatic amines is 1. The molecule has 19 heavy (non-hydrogen) atoms. The highest BCUT2D eigenvalue weighted by Gasteiger charge is 2.24. The normalized spacial score (nSPS) is 12.9. The molecule has 1 aromatic carbocycles. The van der Waals surface area contributed by atoms with Crippen LogP contribution in [-0.2, 0) is 11.2 Å². The predicted molar refractivity (Wildman–Crippen MR) is 69.2 cm³/mol. The van der Waals surface area contributed by atoms with Crippen molar-refractivity contribution in [3.05, 3.63) is 35.5 Å². The first-order valence-corrected chi connectivity index (χ1v) is 6.27. The van der Waals surface area contributed by atoms with Gasteiger partial charge in [0.05, 0.1) is 18.9 Å². The van der Waals surface area contributed by atoms with E-state index in [0.29, 0.717) is 25.3 Å². The number of benzene rings is 1. The lowest BCUT2D eigenvalue weighted by atomic mass is 10.0. The number of rotatable bonds is 2. The molecule has 0 unspecified atom stereocenters. The molecule has 3 rings (SSSR count). The van der Waals surface area contributed by atoms with E-state index in [0.717, 1.165) is 22.6 Å². The summed E-state index contributed by atoms with van der Waals surface area (Å²) in [6.07, 6.45) is 0.634. The average molecular weight is 258 g/mol. The zero-order valence-electron chi connectivity index (χ0n) is 10.6. The molecule has 0 amide bonds. The smallest absolute Gasteiger partial charge is 0.356 e. The van der Waals surface area contributed by atoms with E-state index in [1.54, 1.807) is 6.92 Å². The first-order valence-electron chi connectivity index (χ1n) is 6.27. The van der Waals surface area contributed by atoms with Crippen LogP contribution in [0.5, 0.6) is 5.75 Å². The molecule has 5 heteroatoms. The van der Waals surface area contributed by atoms with Gasteiger partial charge in [-0.05, 0) is 19.1 Å². The lowest BCUT2D eigenvalue weighted by Gasteiger charge is -2.04. The van der Waals surface area contributed by atoms with Crippen molar-refractivity contribution in [2.75, 3.05) is 13.2 Å². The monoisotopic (exact) mass is 258 g/mol. The van der Waals surface area contributed by atoms with Crippen molar-refractivity contribution in [2.45, 2.75) is 13.3 Å². The van der Waals surface area contributed by atoms with Gasteiger partial charge in [-0.3, -0.25) is 5.10 Å². The fourth-order valence-corrected chi connectivity index (χ4v) is 2.25. The lowest BCUT2D eigenvalue weighted by molar-refractivity contribution is 0.0518. The third-order valence-electron chi connectivity index (χ3n) is 3.10. The van der Waals surface area contributed by atoms with Crippen LogP contribution in [0.4, 0.5) is 0 Å². The van der Waals surface area contributed by atoms with Gasteiger partial charge in [-0.15, -0.1) is 0 Å². The Labute approximate surface area is 110 Å². The van der Waals surface area contributed by atoms with Crippen molar-refractivity contribution in [3.63, 3.8) is 0 Å². The van der Waals surface area contributed by atoms with Gasteiger partial charge >= 0.3 is 5.97 Å². The molecule has 0 saturated heterocycles. The Kier molecular flexibility index (Phi) is 2.95. The van der Waals surface area contributed by atoms with Crippen LogP contribution < -0.4 is 4.74 Å². The standard InChI is InChI=1S/C14H14N2O3/c1-2-18-14(17)13-10-7-8-19-11-6-4-3-5-9(11)12(10)15-16-13/h3-6H,2,7-8H2,1H3,(H,15,16). The third-order valence-corrected chi connectivity index (χ3v) is 3.10. The molecule has 0 saturated carbocycles. The van der Waals surface area contributed by atoms with Gasteiger partial charge in [0, 0.05) is 17.5 Å². The molecule has 0 fully saturated rings. The predicted octanol–water partition coefficient (Wildman–Crippen LogP) is 2.19. The van der Waals surface area contributed by atoms with Crippen LogP contribution in [-0.4, -0.2) is 29.4 Å². The maximum Gasteiger partial charge on any atom is 0.356 e. The highest BCUT2D eigenvalue weighted by Crippen LogP contribution is 2.34. The molecule has 0 radical (unpaired) electrons. The molecule has 0 atom stereocenters. The van der Waals surface area contributed by atoms with Gasteiger partial charge in [0.25, 0.3) is 0 Å². The SMILES string of the molecule is CCOC(=O)c1[nH]nc2c1CCOc1ccccc1-2. The van der Waals surface area contributed by atoms with Gasteiger partial charge in [-0.1, -0.05) is 12.1 Å². The summed E-state index contributed by atoms with van der Waals surface area (Å²) in [6.45, 7) is 2.65. The number of nitrogens with one attached hydrogen (secondary N) is 1. The zero-order chi connectivity index (χ0) is 13.2. The minimum atomic E-state index is -0.365. The number of ether oxygens (including phenoxy) is 2. The highest BCUT2D eigenvalue weighted by molar-refractivity contribution is 5.91. The fourth-order valence-electron chi connectivity index (χ4n) is 2.25. The fraction of sp³-hybridized carbons (Fsp3) is 0.286. The summed E-state index contributed by atoms with van der Waals surface area (Å²) in [6, 6.07) is 7.69. The number of hydrogen-bond donors (Lipinski definition) is 1. The summed E-state index contributed by atoms with van der Waals surface area (Å²) in [4.78, 5) is 11.9. The number of aromatic nitrogens is 2. The van der Waals surface area contributed by atoms with Gasteiger partial charge < -0.3 is 9.47 Å². The van der Waals surface area contributed by atoms with Gasteiger partial charge in [0.1, 0.15) is 11.4 Å². The summed E-state index contributed by atoms with van der Waals surface area (Å²) >= 11 is 0. The second-order valence-corrected chi connectivity index (χ2v) is 4.24. The molecule has 1 aromatic heterocycles. The second-order valence-electron chi connectivity index (χ2n) is 4.24. The summed E-state index contributed by atoms with van der Waals surface area (Å²) in [5.41, 5.74) is 2.97. The Balaban J connectivity index is 2.09. The first kappa shape index (κ1) is 11.8. The molecule has 98 valence electrons. The average Bonchev–Trinajstić information content (AvgIpc) is 2.75. The zero-order valence-corrected chi connectivity index (χ0v) is 10.6. The third kappa shape index (κ3) is 1.97. The quantitative estimate of drug-likeness (QED) is 0.839. The molecule has 2 heterocycles. The van der Waals surface area contributed by atoms with Gasteiger partial charge in [-0.25, -0.2) is 4.79 Å². The molecule has 0 aliphatic carbocycles. The van der Waals surface area contributed by atoms with Gasteiger partial charge in [0.2, 0.25) is 0 Å². The first-order chi connectivity index (χ1) is 9.31. The van der Waals surface area contributed by atoms with Crippen molar-refractivity contribution in [3.8, 4) is 17.0 Å². The van der Waals surface area contributed by atoms with E-state index in [1.807, 2.05) is 24.3 Å². The largest absolute Gasteiger partial charge is 0.493 e. The van der Waals surface area contributed by atoms with E-state index in [1.165, 1.54) is 0 Å². The number of carbonyl (C=O) groups excluding carboxylic acids is 1. The topological polar surface area (TPSA) is 64.2 Å². The summed E-state index contributed by atoms with van der Waals surface area (Å²) in [7, 11) is 0. The van der Waals surface area contributed by atoms with Crippen molar-refractivity contribution in [2.24, 2.45) is 0 Å². The number of esters is 1. The van der Waals surface area contributed by atoms with E-state index in [2.05, 4.69) is 10.2 Å². The van der Waals surface area contributed by atoms with Crippen LogP contribution in [0.3, 0.4) is 0 Å². The van der Waals surface area contributed by atoms with Gasteiger partial charge in [0.15, 0.2) is 0 Å². The van der Waals surface area contributed by atoms with E-state index >= 15 is 0 Å². The van der Waals surface area contributed by atoms with E-state index < -0.39 is 0 Å². The minimum Gasteiger partial charge on any atom is -0.493 e. The van der Waals surface area contributed by atoms with Crippen molar-refractivity contribution in [1.29, 1.82) is 0 Å². The second kappa shape index (κ2) is 4.76. The minimum absolute atomic E-state index is 0.347. The molecule has 2 aromatic rings. The number of hydrogen-bond acceptors (Lipinski definition) is 4. The molecule has 5 nitrogen and oxygen atoms in total. The Hall–Kier alpha value is -2.30. The van der Waals surface area contributed by atoms with Crippen LogP contribution in [0.15, 0.2) is 24.3 Å². The van der Waals surface area contributed by atoms with Crippen LogP contribution in [0.1, 0.15) is 23.0 Å². The van der Waals surface area contributed by atoms with Crippen LogP contribution in [0, 0.1) is 0 Å².